The number of ether oxygens (including phenoxy) is 4. The predicted octanol–water partition coefficient (Wildman–Crippen LogP) is 2.61. The minimum atomic E-state index is -1.04. The van der Waals surface area contributed by atoms with Crippen LogP contribution in [0.3, 0.4) is 0 Å². The zero-order chi connectivity index (χ0) is 22.0. The molecule has 0 saturated carbocycles. The first-order valence-corrected chi connectivity index (χ1v) is 9.01. The molecular formula is C22H22O8. The van der Waals surface area contributed by atoms with Gasteiger partial charge in [-0.3, -0.25) is 4.79 Å². The van der Waals surface area contributed by atoms with Crippen LogP contribution in [0.15, 0.2) is 35.9 Å². The van der Waals surface area contributed by atoms with Crippen LogP contribution in [0.4, 0.5) is 0 Å². The van der Waals surface area contributed by atoms with Gasteiger partial charge in [0.15, 0.2) is 23.0 Å². The van der Waals surface area contributed by atoms with Gasteiger partial charge in [0.2, 0.25) is 0 Å². The van der Waals surface area contributed by atoms with Crippen molar-refractivity contribution in [3.05, 3.63) is 52.6 Å². The highest BCUT2D eigenvalue weighted by atomic mass is 16.5. The van der Waals surface area contributed by atoms with Crippen molar-refractivity contribution < 1.29 is 38.7 Å². The van der Waals surface area contributed by atoms with E-state index in [4.69, 9.17) is 18.9 Å². The Morgan fingerprint density at radius 2 is 1.53 bits per heavy atom. The third kappa shape index (κ3) is 3.52. The van der Waals surface area contributed by atoms with Crippen LogP contribution in [0.25, 0.3) is 6.08 Å². The zero-order valence-electron chi connectivity index (χ0n) is 17.0. The second kappa shape index (κ2) is 8.36. The zero-order valence-corrected chi connectivity index (χ0v) is 17.0. The van der Waals surface area contributed by atoms with Gasteiger partial charge in [0.05, 0.1) is 39.9 Å². The Balaban J connectivity index is 2.33. The number of esters is 2. The number of carbonyl (C=O) groups excluding carboxylic acids is 2. The molecule has 0 radical (unpaired) electrons. The smallest absolute Gasteiger partial charge is 0.334 e. The van der Waals surface area contributed by atoms with Crippen LogP contribution in [-0.2, 0) is 19.1 Å². The third-order valence-electron chi connectivity index (χ3n) is 5.14. The molecule has 0 fully saturated rings. The summed E-state index contributed by atoms with van der Waals surface area (Å²) < 4.78 is 20.3. The van der Waals surface area contributed by atoms with Gasteiger partial charge in [-0.2, -0.15) is 0 Å². The van der Waals surface area contributed by atoms with E-state index in [2.05, 4.69) is 0 Å². The van der Waals surface area contributed by atoms with Crippen LogP contribution in [0, 0.1) is 5.92 Å². The average Bonchev–Trinajstić information content (AvgIpc) is 2.76. The van der Waals surface area contributed by atoms with Crippen molar-refractivity contribution in [2.24, 2.45) is 5.92 Å². The fraction of sp³-hybridized carbons (Fsp3) is 0.273. The Hall–Kier alpha value is -3.68. The van der Waals surface area contributed by atoms with Gasteiger partial charge in [-0.25, -0.2) is 4.79 Å². The molecule has 0 aromatic heterocycles. The molecular weight excluding hydrogens is 392 g/mol. The maximum Gasteiger partial charge on any atom is 0.334 e. The molecule has 0 unspecified atom stereocenters. The number of hydrogen-bond donors (Lipinski definition) is 2. The first-order chi connectivity index (χ1) is 14.4. The lowest BCUT2D eigenvalue weighted by atomic mass is 9.71. The van der Waals surface area contributed by atoms with Gasteiger partial charge in [-0.1, -0.05) is 6.07 Å². The Kier molecular flexibility index (Phi) is 5.86. The topological polar surface area (TPSA) is 112 Å². The predicted molar refractivity (Wildman–Crippen MR) is 107 cm³/mol. The molecule has 2 N–H and O–H groups in total. The number of aromatic hydroxyl groups is 2. The molecule has 2 aromatic carbocycles. The molecule has 2 aromatic rings. The molecule has 1 aliphatic rings. The van der Waals surface area contributed by atoms with E-state index in [1.54, 1.807) is 18.2 Å². The highest BCUT2D eigenvalue weighted by Crippen LogP contribution is 2.47. The number of hydrogen-bond acceptors (Lipinski definition) is 8. The summed E-state index contributed by atoms with van der Waals surface area (Å²) in [4.78, 5) is 25.3. The highest BCUT2D eigenvalue weighted by molar-refractivity contribution is 6.02. The molecule has 0 saturated heterocycles. The summed E-state index contributed by atoms with van der Waals surface area (Å²) >= 11 is 0. The van der Waals surface area contributed by atoms with Gasteiger partial charge in [-0.15, -0.1) is 0 Å². The number of phenolic OH excluding ortho intramolecular Hbond substituents is 2. The molecule has 158 valence electrons. The van der Waals surface area contributed by atoms with Crippen molar-refractivity contribution in [3.63, 3.8) is 0 Å². The summed E-state index contributed by atoms with van der Waals surface area (Å²) in [6.45, 7) is 0. The van der Waals surface area contributed by atoms with Crippen LogP contribution < -0.4 is 9.47 Å². The van der Waals surface area contributed by atoms with E-state index in [-0.39, 0.29) is 28.6 Å². The molecule has 0 heterocycles. The van der Waals surface area contributed by atoms with Crippen LogP contribution in [-0.4, -0.2) is 50.6 Å². The average molecular weight is 414 g/mol. The van der Waals surface area contributed by atoms with E-state index < -0.39 is 23.8 Å². The molecule has 0 aliphatic heterocycles. The van der Waals surface area contributed by atoms with Crippen molar-refractivity contribution in [1.82, 2.24) is 0 Å². The SMILES string of the molecule is COC(=O)C1=Cc2cc(OC)c(O)cc2[C@H](c2ccc(O)c(OC)c2)[C@H]1C(=O)OC. The number of fused-ring (bicyclic) bond motifs is 1. The van der Waals surface area contributed by atoms with Gasteiger partial charge in [0.25, 0.3) is 0 Å². The number of carbonyl (C=O) groups is 2. The van der Waals surface area contributed by atoms with Crippen LogP contribution in [0.2, 0.25) is 0 Å². The van der Waals surface area contributed by atoms with Gasteiger partial charge in [-0.05, 0) is 47.0 Å². The lowest BCUT2D eigenvalue weighted by Gasteiger charge is -2.32. The minimum absolute atomic E-state index is 0.0757. The largest absolute Gasteiger partial charge is 0.504 e. The fourth-order valence-electron chi connectivity index (χ4n) is 3.73. The van der Waals surface area contributed by atoms with Gasteiger partial charge in [0.1, 0.15) is 0 Å². The number of methoxy groups -OCH3 is 4. The van der Waals surface area contributed by atoms with Gasteiger partial charge >= 0.3 is 11.9 Å². The number of phenols is 2. The highest BCUT2D eigenvalue weighted by Gasteiger charge is 2.42. The molecule has 0 spiro atoms. The van der Waals surface area contributed by atoms with E-state index in [9.17, 15) is 19.8 Å². The van der Waals surface area contributed by atoms with E-state index >= 15 is 0 Å². The fourth-order valence-corrected chi connectivity index (χ4v) is 3.73. The van der Waals surface area contributed by atoms with Crippen molar-refractivity contribution in [3.8, 4) is 23.0 Å². The van der Waals surface area contributed by atoms with Crippen LogP contribution >= 0.6 is 0 Å². The van der Waals surface area contributed by atoms with Crippen molar-refractivity contribution in [2.45, 2.75) is 5.92 Å². The van der Waals surface area contributed by atoms with Crippen LogP contribution in [0.5, 0.6) is 23.0 Å². The summed E-state index contributed by atoms with van der Waals surface area (Å²) in [6, 6.07) is 7.68. The quantitative estimate of drug-likeness (QED) is 0.718. The first kappa shape index (κ1) is 21.0. The number of benzene rings is 2. The third-order valence-corrected chi connectivity index (χ3v) is 5.14. The van der Waals surface area contributed by atoms with Crippen molar-refractivity contribution in [1.29, 1.82) is 0 Å². The summed E-state index contributed by atoms with van der Waals surface area (Å²) in [5, 5.41) is 20.3. The molecule has 0 amide bonds. The van der Waals surface area contributed by atoms with Gasteiger partial charge in [0, 0.05) is 5.92 Å². The van der Waals surface area contributed by atoms with E-state index in [1.165, 1.54) is 46.6 Å². The molecule has 3 rings (SSSR count). The molecule has 2 atom stereocenters. The lowest BCUT2D eigenvalue weighted by Crippen LogP contribution is -2.32. The monoisotopic (exact) mass is 414 g/mol. The van der Waals surface area contributed by atoms with E-state index in [0.29, 0.717) is 16.7 Å². The lowest BCUT2D eigenvalue weighted by molar-refractivity contribution is -0.147. The molecule has 8 nitrogen and oxygen atoms in total. The Morgan fingerprint density at radius 3 is 2.13 bits per heavy atom. The summed E-state index contributed by atoms with van der Waals surface area (Å²) in [6.07, 6.45) is 1.53. The summed E-state index contributed by atoms with van der Waals surface area (Å²) in [5.74, 6) is -2.88. The summed E-state index contributed by atoms with van der Waals surface area (Å²) in [5.41, 5.74) is 1.81. The van der Waals surface area contributed by atoms with Crippen LogP contribution in [0.1, 0.15) is 22.6 Å². The number of rotatable bonds is 5. The maximum absolute atomic E-state index is 12.8. The summed E-state index contributed by atoms with van der Waals surface area (Å²) in [7, 11) is 5.27. The normalized spacial score (nSPS) is 17.4. The standard InChI is InChI=1S/C22H22O8/c1-27-17-8-11(5-6-15(17)23)19-13-10-16(24)18(28-2)9-12(13)7-14(21(25)29-3)20(19)22(26)30-4/h5-10,19-20,23-24H,1-4H3/t19-,20-/m0/s1. The van der Waals surface area contributed by atoms with E-state index in [0.717, 1.165) is 0 Å². The van der Waals surface area contributed by atoms with E-state index in [1.807, 2.05) is 0 Å². The molecule has 0 bridgehead atoms. The van der Waals surface area contributed by atoms with Crippen molar-refractivity contribution in [2.75, 3.05) is 28.4 Å². The second-order valence-electron chi connectivity index (χ2n) is 6.65. The second-order valence-corrected chi connectivity index (χ2v) is 6.65. The molecule has 1 aliphatic carbocycles. The van der Waals surface area contributed by atoms with Crippen molar-refractivity contribution >= 4 is 18.0 Å². The first-order valence-electron chi connectivity index (χ1n) is 9.01. The Bertz CT molecular complexity index is 1020. The maximum atomic E-state index is 12.8. The Morgan fingerprint density at radius 1 is 0.867 bits per heavy atom. The minimum Gasteiger partial charge on any atom is -0.504 e. The Labute approximate surface area is 173 Å². The molecule has 8 heteroatoms. The van der Waals surface area contributed by atoms with Gasteiger partial charge < -0.3 is 29.2 Å². The molecule has 30 heavy (non-hydrogen) atoms.